The summed E-state index contributed by atoms with van der Waals surface area (Å²) in [5.41, 5.74) is 12.5. The Balaban J connectivity index is 1.03. The lowest BCUT2D eigenvalue weighted by molar-refractivity contribution is 0.579. The number of aliphatic imine (C=N–C) groups is 1. The first kappa shape index (κ1) is 35.2. The number of rotatable bonds is 4. The van der Waals surface area contributed by atoms with Crippen LogP contribution in [-0.2, 0) is 0 Å². The summed E-state index contributed by atoms with van der Waals surface area (Å²) in [5, 5.41) is 10.0. The van der Waals surface area contributed by atoms with Crippen molar-refractivity contribution in [2.75, 3.05) is 4.90 Å². The van der Waals surface area contributed by atoms with Crippen LogP contribution >= 0.6 is 11.6 Å². The fourth-order valence-electron chi connectivity index (χ4n) is 10.4. The number of allylic oxidation sites excluding steroid dienone is 3. The summed E-state index contributed by atoms with van der Waals surface area (Å²) < 4.78 is 15.4. The molecule has 62 heavy (non-hydrogen) atoms. The van der Waals surface area contributed by atoms with Gasteiger partial charge in [-0.15, -0.1) is 0 Å². The Morgan fingerprint density at radius 3 is 2.24 bits per heavy atom. The minimum Gasteiger partial charge on any atom is -0.459 e. The van der Waals surface area contributed by atoms with E-state index in [1.165, 1.54) is 33.6 Å². The number of nitrogens with zero attached hydrogens (tertiary/aromatic N) is 3. The maximum absolute atomic E-state index is 7.09. The van der Waals surface area contributed by atoms with Gasteiger partial charge in [0.05, 0.1) is 22.1 Å². The van der Waals surface area contributed by atoms with Crippen molar-refractivity contribution in [1.82, 2.24) is 4.57 Å². The van der Waals surface area contributed by atoms with Crippen molar-refractivity contribution in [3.05, 3.63) is 198 Å². The molecule has 8 aromatic carbocycles. The number of hydrogen-bond donors (Lipinski definition) is 0. The van der Waals surface area contributed by atoms with Crippen molar-refractivity contribution in [1.29, 1.82) is 0 Å². The highest BCUT2D eigenvalue weighted by atomic mass is 35.5. The first-order valence-electron chi connectivity index (χ1n) is 21.0. The van der Waals surface area contributed by atoms with Gasteiger partial charge in [0.15, 0.2) is 11.4 Å². The summed E-state index contributed by atoms with van der Waals surface area (Å²) >= 11 is 7.03. The molecular formula is C56H36ClN3O2. The van der Waals surface area contributed by atoms with E-state index >= 15 is 0 Å². The lowest BCUT2D eigenvalue weighted by Crippen LogP contribution is -2.27. The zero-order valence-electron chi connectivity index (χ0n) is 33.7. The molecule has 0 saturated carbocycles. The number of aryl methyl sites for hydroxylation is 1. The molecule has 0 bridgehead atoms. The first-order valence-corrected chi connectivity index (χ1v) is 21.4. The van der Waals surface area contributed by atoms with E-state index < -0.39 is 0 Å². The van der Waals surface area contributed by atoms with Crippen LogP contribution in [-0.4, -0.2) is 16.4 Å². The number of hydrogen-bond acceptors (Lipinski definition) is 4. The second-order valence-corrected chi connectivity index (χ2v) is 16.8. The van der Waals surface area contributed by atoms with Crippen LogP contribution in [0, 0.1) is 6.92 Å². The third-order valence-corrected chi connectivity index (χ3v) is 13.2. The zero-order chi connectivity index (χ0) is 41.2. The second kappa shape index (κ2) is 13.2. The van der Waals surface area contributed by atoms with E-state index in [9.17, 15) is 0 Å². The SMILES string of the molecule is C=C(Cl)C(=Nc1c(C)oc2ccccc12)n1c2ccccc2c2c3ccccc3c3c(oc4ccc5cc(C6=CCC7C(=C6)c6ccccc6N7c6ccccc6)ccc5c43)c21. The smallest absolute Gasteiger partial charge is 0.160 e. The Kier molecular flexibility index (Phi) is 7.49. The average molecular weight is 818 g/mol. The van der Waals surface area contributed by atoms with Crippen LogP contribution in [0.15, 0.2) is 195 Å². The van der Waals surface area contributed by atoms with Gasteiger partial charge in [-0.1, -0.05) is 133 Å². The highest BCUT2D eigenvalue weighted by Crippen LogP contribution is 2.50. The van der Waals surface area contributed by atoms with Crippen molar-refractivity contribution < 1.29 is 8.83 Å². The third kappa shape index (κ3) is 4.94. The third-order valence-electron chi connectivity index (χ3n) is 13.0. The van der Waals surface area contributed by atoms with Crippen molar-refractivity contribution in [2.45, 2.75) is 19.4 Å². The lowest BCUT2D eigenvalue weighted by Gasteiger charge is -2.29. The van der Waals surface area contributed by atoms with Gasteiger partial charge < -0.3 is 13.7 Å². The van der Waals surface area contributed by atoms with Crippen LogP contribution in [0.3, 0.4) is 0 Å². The van der Waals surface area contributed by atoms with E-state index in [1.807, 2.05) is 31.2 Å². The van der Waals surface area contributed by atoms with E-state index in [-0.39, 0.29) is 6.04 Å². The van der Waals surface area contributed by atoms with Gasteiger partial charge in [0.1, 0.15) is 22.6 Å². The Bertz CT molecular complexity index is 3840. The highest BCUT2D eigenvalue weighted by Gasteiger charge is 2.36. The van der Waals surface area contributed by atoms with E-state index in [0.29, 0.717) is 16.6 Å². The molecule has 11 aromatic rings. The standard InChI is InChI=1S/C56H36ClN3O2/c1-32(57)56(58-53-33(2)61-48-23-13-10-20-43(48)53)60-46-22-12-9-19-42(46)50-40-17-6-7-18-41(40)52-51-38-27-24-34(30-36(38)26-29-49(51)62-55(52)54(50)60)35-25-28-47-44(31-35)39-16-8-11-21-45(39)59(47)37-14-4-3-5-15-37/h3-27,29-31,47H,1,28H2,2H3. The van der Waals surface area contributed by atoms with Gasteiger partial charge in [-0.25, -0.2) is 4.99 Å². The molecule has 6 heteroatoms. The molecule has 0 fully saturated rings. The van der Waals surface area contributed by atoms with Gasteiger partial charge in [0.25, 0.3) is 0 Å². The van der Waals surface area contributed by atoms with E-state index in [4.69, 9.17) is 25.4 Å². The highest BCUT2D eigenvalue weighted by molar-refractivity contribution is 6.46. The maximum Gasteiger partial charge on any atom is 0.160 e. The van der Waals surface area contributed by atoms with Crippen molar-refractivity contribution in [2.24, 2.45) is 4.99 Å². The van der Waals surface area contributed by atoms with Crippen LogP contribution in [0.25, 0.3) is 87.4 Å². The molecule has 0 spiro atoms. The lowest BCUT2D eigenvalue weighted by atomic mass is 9.88. The summed E-state index contributed by atoms with van der Waals surface area (Å²) in [6.45, 7) is 6.21. The summed E-state index contributed by atoms with van der Waals surface area (Å²) in [6, 6.07) is 56.0. The fraction of sp³-hybridized carbons (Fsp3) is 0.0536. The van der Waals surface area contributed by atoms with Crippen LogP contribution in [0.5, 0.6) is 0 Å². The second-order valence-electron chi connectivity index (χ2n) is 16.4. The molecule has 1 aliphatic heterocycles. The summed E-state index contributed by atoms with van der Waals surface area (Å²) in [5.74, 6) is 1.21. The molecule has 0 saturated heterocycles. The van der Waals surface area contributed by atoms with Crippen LogP contribution in [0.1, 0.15) is 23.3 Å². The van der Waals surface area contributed by atoms with Crippen LogP contribution in [0.4, 0.5) is 17.1 Å². The largest absolute Gasteiger partial charge is 0.459 e. The molecule has 2 aliphatic rings. The Hall–Kier alpha value is -7.60. The van der Waals surface area contributed by atoms with Gasteiger partial charge in [0, 0.05) is 43.9 Å². The minimum atomic E-state index is 0.251. The van der Waals surface area contributed by atoms with Gasteiger partial charge >= 0.3 is 0 Å². The molecule has 5 nitrogen and oxygen atoms in total. The number of furan rings is 2. The first-order chi connectivity index (χ1) is 30.5. The average Bonchev–Trinajstić information content (AvgIpc) is 4.06. The summed E-state index contributed by atoms with van der Waals surface area (Å²) in [4.78, 5) is 7.78. The Morgan fingerprint density at radius 1 is 0.677 bits per heavy atom. The monoisotopic (exact) mass is 817 g/mol. The fourth-order valence-corrected chi connectivity index (χ4v) is 10.5. The predicted molar refractivity (Wildman–Crippen MR) is 260 cm³/mol. The maximum atomic E-state index is 7.09. The number of benzene rings is 8. The van der Waals surface area contributed by atoms with Gasteiger partial charge in [-0.2, -0.15) is 0 Å². The van der Waals surface area contributed by atoms with E-state index in [1.54, 1.807) is 0 Å². The van der Waals surface area contributed by atoms with Gasteiger partial charge in [0.2, 0.25) is 0 Å². The molecule has 4 heterocycles. The summed E-state index contributed by atoms with van der Waals surface area (Å²) in [7, 11) is 0. The van der Waals surface area contributed by atoms with Gasteiger partial charge in [-0.3, -0.25) is 4.57 Å². The number of fused-ring (bicyclic) bond motifs is 16. The van der Waals surface area contributed by atoms with Crippen molar-refractivity contribution >= 4 is 122 Å². The molecule has 0 amide bonds. The molecule has 294 valence electrons. The Morgan fingerprint density at radius 2 is 1.40 bits per heavy atom. The molecule has 3 aromatic heterocycles. The van der Waals surface area contributed by atoms with E-state index in [2.05, 4.69) is 162 Å². The van der Waals surface area contributed by atoms with E-state index in [0.717, 1.165) is 88.4 Å². The Labute approximate surface area is 361 Å². The summed E-state index contributed by atoms with van der Waals surface area (Å²) in [6.07, 6.45) is 5.73. The number of halogens is 1. The molecular weight excluding hydrogens is 782 g/mol. The molecule has 0 radical (unpaired) electrons. The van der Waals surface area contributed by atoms with Crippen molar-refractivity contribution in [3.8, 4) is 0 Å². The van der Waals surface area contributed by atoms with Crippen molar-refractivity contribution in [3.63, 3.8) is 0 Å². The van der Waals surface area contributed by atoms with Gasteiger partial charge in [-0.05, 0) is 106 Å². The normalized spacial score (nSPS) is 15.4. The number of para-hydroxylation sites is 4. The topological polar surface area (TPSA) is 46.8 Å². The molecule has 1 atom stereocenters. The predicted octanol–water partition coefficient (Wildman–Crippen LogP) is 15.8. The zero-order valence-corrected chi connectivity index (χ0v) is 34.4. The molecule has 13 rings (SSSR count). The molecule has 1 aliphatic carbocycles. The minimum absolute atomic E-state index is 0.251. The van der Waals surface area contributed by atoms with Crippen LogP contribution < -0.4 is 4.90 Å². The molecule has 1 unspecified atom stereocenters. The van der Waals surface area contributed by atoms with Crippen LogP contribution in [0.2, 0.25) is 0 Å². The quantitative estimate of drug-likeness (QED) is 0.131. The molecule has 0 N–H and O–H groups in total. The number of anilines is 2. The number of aromatic nitrogens is 1.